The standard InChI is InChI=1S/C4H8OS/c1-2-3-4(6)5-3/h3-4,6H,2H2,1H3. The normalized spacial score (nSPS) is 43.0. The molecule has 2 atom stereocenters. The van der Waals surface area contributed by atoms with E-state index in [2.05, 4.69) is 19.6 Å². The van der Waals surface area contributed by atoms with Gasteiger partial charge in [-0.1, -0.05) is 6.92 Å². The first kappa shape index (κ1) is 4.47. The third-order valence-corrected chi connectivity index (χ3v) is 1.41. The van der Waals surface area contributed by atoms with Gasteiger partial charge < -0.3 is 4.74 Å². The van der Waals surface area contributed by atoms with Crippen LogP contribution in [0.15, 0.2) is 0 Å². The highest BCUT2D eigenvalue weighted by Crippen LogP contribution is 2.27. The van der Waals surface area contributed by atoms with Crippen LogP contribution < -0.4 is 0 Å². The Morgan fingerprint density at radius 3 is 2.33 bits per heavy atom. The second-order valence-electron chi connectivity index (χ2n) is 1.47. The van der Waals surface area contributed by atoms with E-state index in [1.165, 1.54) is 0 Å². The van der Waals surface area contributed by atoms with E-state index in [9.17, 15) is 0 Å². The van der Waals surface area contributed by atoms with Gasteiger partial charge in [-0.2, -0.15) is 0 Å². The third kappa shape index (κ3) is 0.684. The lowest BCUT2D eigenvalue weighted by atomic mass is 10.4. The first-order chi connectivity index (χ1) is 2.84. The molecule has 6 heavy (non-hydrogen) atoms. The van der Waals surface area contributed by atoms with Crippen molar-refractivity contribution in [1.29, 1.82) is 0 Å². The lowest BCUT2D eigenvalue weighted by Gasteiger charge is -1.71. The zero-order valence-electron chi connectivity index (χ0n) is 3.72. The SMILES string of the molecule is CCC1OC1S. The maximum atomic E-state index is 4.93. The van der Waals surface area contributed by atoms with Gasteiger partial charge in [0.1, 0.15) is 5.44 Å². The monoisotopic (exact) mass is 104 g/mol. The van der Waals surface area contributed by atoms with Gasteiger partial charge in [-0.05, 0) is 6.42 Å². The molecule has 1 fully saturated rings. The Labute approximate surface area is 43.1 Å². The smallest absolute Gasteiger partial charge is 0.127 e. The fourth-order valence-electron chi connectivity index (χ4n) is 0.432. The van der Waals surface area contributed by atoms with Crippen molar-refractivity contribution in [3.05, 3.63) is 0 Å². The first-order valence-electron chi connectivity index (χ1n) is 2.18. The molecule has 0 N–H and O–H groups in total. The maximum Gasteiger partial charge on any atom is 0.127 e. The van der Waals surface area contributed by atoms with E-state index in [-0.39, 0.29) is 5.44 Å². The molecule has 36 valence electrons. The largest absolute Gasteiger partial charge is 0.358 e. The number of ether oxygens (including phenoxy) is 1. The van der Waals surface area contributed by atoms with E-state index in [0.717, 1.165) is 6.42 Å². The summed E-state index contributed by atoms with van der Waals surface area (Å²) in [7, 11) is 0. The summed E-state index contributed by atoms with van der Waals surface area (Å²) in [6, 6.07) is 0. The van der Waals surface area contributed by atoms with Crippen molar-refractivity contribution in [2.24, 2.45) is 0 Å². The van der Waals surface area contributed by atoms with Gasteiger partial charge >= 0.3 is 0 Å². The molecule has 0 aliphatic carbocycles. The number of hydrogen-bond acceptors (Lipinski definition) is 2. The number of hydrogen-bond donors (Lipinski definition) is 1. The molecule has 2 heteroatoms. The number of epoxide rings is 1. The molecular formula is C4H8OS. The van der Waals surface area contributed by atoms with Crippen molar-refractivity contribution in [1.82, 2.24) is 0 Å². The minimum Gasteiger partial charge on any atom is -0.358 e. The summed E-state index contributed by atoms with van der Waals surface area (Å²) in [5, 5.41) is 0. The molecule has 0 aromatic heterocycles. The third-order valence-electron chi connectivity index (χ3n) is 0.958. The summed E-state index contributed by atoms with van der Waals surface area (Å²) in [6.45, 7) is 2.10. The van der Waals surface area contributed by atoms with Gasteiger partial charge in [-0.3, -0.25) is 0 Å². The molecule has 1 heterocycles. The second kappa shape index (κ2) is 1.43. The van der Waals surface area contributed by atoms with Crippen LogP contribution in [0.1, 0.15) is 13.3 Å². The van der Waals surface area contributed by atoms with Gasteiger partial charge in [0.15, 0.2) is 0 Å². The molecule has 0 aromatic rings. The van der Waals surface area contributed by atoms with E-state index in [1.807, 2.05) is 0 Å². The van der Waals surface area contributed by atoms with E-state index in [4.69, 9.17) is 4.74 Å². The second-order valence-corrected chi connectivity index (χ2v) is 1.98. The predicted octanol–water partition coefficient (Wildman–Crippen LogP) is 1.05. The predicted molar refractivity (Wildman–Crippen MR) is 27.9 cm³/mol. The molecule has 1 aliphatic rings. The Kier molecular flexibility index (Phi) is 1.06. The summed E-state index contributed by atoms with van der Waals surface area (Å²) in [5.74, 6) is 0. The topological polar surface area (TPSA) is 12.5 Å². The highest BCUT2D eigenvalue weighted by Gasteiger charge is 2.32. The summed E-state index contributed by atoms with van der Waals surface area (Å²) in [5.41, 5.74) is 0.259. The molecule has 1 rings (SSSR count). The van der Waals surface area contributed by atoms with Crippen LogP contribution in [0.5, 0.6) is 0 Å². The van der Waals surface area contributed by atoms with Gasteiger partial charge in [0.05, 0.1) is 6.10 Å². The maximum absolute atomic E-state index is 4.93. The van der Waals surface area contributed by atoms with Crippen LogP contribution in [0, 0.1) is 0 Å². The molecule has 0 spiro atoms. The molecule has 1 nitrogen and oxygen atoms in total. The van der Waals surface area contributed by atoms with Crippen molar-refractivity contribution in [2.45, 2.75) is 24.9 Å². The van der Waals surface area contributed by atoms with Gasteiger partial charge in [0.25, 0.3) is 0 Å². The van der Waals surface area contributed by atoms with Crippen molar-refractivity contribution >= 4 is 12.6 Å². The van der Waals surface area contributed by atoms with Crippen LogP contribution in [0.25, 0.3) is 0 Å². The zero-order chi connectivity index (χ0) is 4.57. The van der Waals surface area contributed by atoms with Gasteiger partial charge in [-0.15, -0.1) is 12.6 Å². The van der Waals surface area contributed by atoms with Crippen LogP contribution in [-0.2, 0) is 4.74 Å². The summed E-state index contributed by atoms with van der Waals surface area (Å²) >= 11 is 4.03. The molecule has 1 aliphatic heterocycles. The van der Waals surface area contributed by atoms with Crippen LogP contribution in [0.4, 0.5) is 0 Å². The van der Waals surface area contributed by atoms with E-state index in [1.54, 1.807) is 0 Å². The van der Waals surface area contributed by atoms with Crippen molar-refractivity contribution < 1.29 is 4.74 Å². The molecule has 1 saturated heterocycles. The fourth-order valence-corrected chi connectivity index (χ4v) is 0.799. The highest BCUT2D eigenvalue weighted by atomic mass is 32.1. The Bertz CT molecular complexity index is 53.5. The minimum atomic E-state index is 0.259. The number of rotatable bonds is 1. The fraction of sp³-hybridized carbons (Fsp3) is 1.00. The molecule has 0 radical (unpaired) electrons. The van der Waals surface area contributed by atoms with Crippen molar-refractivity contribution in [2.75, 3.05) is 0 Å². The number of thiol groups is 1. The molecule has 2 unspecified atom stereocenters. The van der Waals surface area contributed by atoms with Gasteiger partial charge in [0.2, 0.25) is 0 Å². The average molecular weight is 104 g/mol. The minimum absolute atomic E-state index is 0.259. The molecule has 0 bridgehead atoms. The first-order valence-corrected chi connectivity index (χ1v) is 2.69. The van der Waals surface area contributed by atoms with Crippen molar-refractivity contribution in [3.8, 4) is 0 Å². The van der Waals surface area contributed by atoms with E-state index >= 15 is 0 Å². The Hall–Kier alpha value is 0.310. The van der Waals surface area contributed by atoms with Crippen LogP contribution in [0.2, 0.25) is 0 Å². The zero-order valence-corrected chi connectivity index (χ0v) is 4.61. The summed E-state index contributed by atoms with van der Waals surface area (Å²) in [4.78, 5) is 0. The average Bonchev–Trinajstić information content (AvgIpc) is 2.19. The quantitative estimate of drug-likeness (QED) is 0.387. The highest BCUT2D eigenvalue weighted by molar-refractivity contribution is 7.81. The summed E-state index contributed by atoms with van der Waals surface area (Å²) < 4.78 is 4.93. The molecule has 0 amide bonds. The summed E-state index contributed by atoms with van der Waals surface area (Å²) in [6.07, 6.45) is 1.57. The Morgan fingerprint density at radius 2 is 2.33 bits per heavy atom. The molecular weight excluding hydrogens is 96.1 g/mol. The molecule has 0 saturated carbocycles. The van der Waals surface area contributed by atoms with Crippen LogP contribution >= 0.6 is 12.6 Å². The lowest BCUT2D eigenvalue weighted by Crippen LogP contribution is -1.79. The van der Waals surface area contributed by atoms with Crippen molar-refractivity contribution in [3.63, 3.8) is 0 Å². The van der Waals surface area contributed by atoms with E-state index < -0.39 is 0 Å². The molecule has 0 aromatic carbocycles. The van der Waals surface area contributed by atoms with Gasteiger partial charge in [-0.25, -0.2) is 0 Å². The lowest BCUT2D eigenvalue weighted by molar-refractivity contribution is 0.396. The van der Waals surface area contributed by atoms with Crippen LogP contribution in [-0.4, -0.2) is 11.5 Å². The van der Waals surface area contributed by atoms with E-state index in [0.29, 0.717) is 6.10 Å². The Morgan fingerprint density at radius 1 is 1.83 bits per heavy atom. The Balaban J connectivity index is 2.09. The van der Waals surface area contributed by atoms with Gasteiger partial charge in [0, 0.05) is 0 Å². The van der Waals surface area contributed by atoms with Crippen LogP contribution in [0.3, 0.4) is 0 Å².